The standard InChI is InChI=1S/C20H11NO2S2/c22-19-15-13-9-5-1-3-7-11(9)24-17(13)18-14(16(15)20(23)21-19)10-6-2-4-8-12(10)25-18/h1-5,7-8,11H,6H2,(H,21,22,23). The second kappa shape index (κ2) is 4.62. The van der Waals surface area contributed by atoms with Crippen molar-refractivity contribution in [3.63, 3.8) is 0 Å². The summed E-state index contributed by atoms with van der Waals surface area (Å²) in [7, 11) is 0. The predicted octanol–water partition coefficient (Wildman–Crippen LogP) is 2.43. The fourth-order valence-corrected chi connectivity index (χ4v) is 6.87. The predicted molar refractivity (Wildman–Crippen MR) is 102 cm³/mol. The number of fused-ring (bicyclic) bond motifs is 9. The van der Waals surface area contributed by atoms with Gasteiger partial charge in [0.05, 0.1) is 21.1 Å². The largest absolute Gasteiger partial charge is 0.288 e. The van der Waals surface area contributed by atoms with Crippen molar-refractivity contribution in [3.8, 4) is 0 Å². The smallest absolute Gasteiger partial charge is 0.259 e. The summed E-state index contributed by atoms with van der Waals surface area (Å²) in [5.74, 6) is -0.516. The zero-order valence-corrected chi connectivity index (χ0v) is 14.6. The summed E-state index contributed by atoms with van der Waals surface area (Å²) in [4.78, 5) is 26.4. The van der Waals surface area contributed by atoms with Crippen molar-refractivity contribution in [1.82, 2.24) is 5.32 Å². The van der Waals surface area contributed by atoms with E-state index in [9.17, 15) is 9.59 Å². The number of hydrogen-bond acceptors (Lipinski definition) is 4. The van der Waals surface area contributed by atoms with E-state index in [1.165, 1.54) is 10.1 Å². The Hall–Kier alpha value is -2.37. The van der Waals surface area contributed by atoms with E-state index in [0.717, 1.165) is 32.2 Å². The third-order valence-electron chi connectivity index (χ3n) is 5.12. The molecule has 2 aliphatic carbocycles. The molecule has 2 amide bonds. The molecular weight excluding hydrogens is 350 g/mol. The number of carbonyl (C=O) groups is 2. The summed E-state index contributed by atoms with van der Waals surface area (Å²) in [6.07, 6.45) is 15.4. The van der Waals surface area contributed by atoms with Crippen LogP contribution in [0.4, 0.5) is 0 Å². The van der Waals surface area contributed by atoms with E-state index in [-0.39, 0.29) is 17.1 Å². The second-order valence-electron chi connectivity index (χ2n) is 6.42. The van der Waals surface area contributed by atoms with Gasteiger partial charge in [0.2, 0.25) is 0 Å². The molecule has 2 aromatic rings. The molecule has 0 bridgehead atoms. The Morgan fingerprint density at radius 2 is 1.96 bits per heavy atom. The number of thiophene rings is 1. The summed E-state index contributed by atoms with van der Waals surface area (Å²) in [5, 5.41) is 4.70. The number of amides is 2. The number of thioether (sulfide) groups is 1. The van der Waals surface area contributed by atoms with E-state index in [4.69, 9.17) is 0 Å². The van der Waals surface area contributed by atoms with Crippen LogP contribution in [-0.2, 0) is 6.42 Å². The molecule has 2 aliphatic heterocycles. The highest BCUT2D eigenvalue weighted by Crippen LogP contribution is 2.44. The van der Waals surface area contributed by atoms with Crippen LogP contribution in [0, 0.1) is 0 Å². The van der Waals surface area contributed by atoms with Gasteiger partial charge in [0.15, 0.2) is 0 Å². The van der Waals surface area contributed by atoms with Crippen molar-refractivity contribution in [2.24, 2.45) is 0 Å². The molecule has 0 saturated heterocycles. The fourth-order valence-electron chi connectivity index (χ4n) is 4.11. The lowest BCUT2D eigenvalue weighted by molar-refractivity contribution is 0.0880. The highest BCUT2D eigenvalue weighted by Gasteiger charge is 2.38. The number of carbonyl (C=O) groups excluding carboxylic acids is 2. The molecule has 1 aromatic carbocycles. The lowest BCUT2D eigenvalue weighted by Gasteiger charge is -2.08. The lowest BCUT2D eigenvalue weighted by Crippen LogP contribution is -2.23. The Bertz CT molecular complexity index is 1260. The van der Waals surface area contributed by atoms with E-state index >= 15 is 0 Å². The van der Waals surface area contributed by atoms with Gasteiger partial charge in [0, 0.05) is 20.0 Å². The molecule has 1 atom stereocenters. The molecule has 0 fully saturated rings. The average Bonchev–Trinajstić information content (AvgIpc) is 3.26. The number of rotatable bonds is 0. The quantitative estimate of drug-likeness (QED) is 0.733. The maximum absolute atomic E-state index is 12.6. The molecule has 0 spiro atoms. The van der Waals surface area contributed by atoms with Crippen LogP contribution in [0.3, 0.4) is 0 Å². The Morgan fingerprint density at radius 3 is 2.88 bits per heavy atom. The van der Waals surface area contributed by atoms with E-state index in [1.54, 1.807) is 23.1 Å². The normalized spacial score (nSPS) is 21.9. The number of hydrogen-bond donors (Lipinski definition) is 1. The minimum absolute atomic E-state index is 0.222. The number of allylic oxidation sites excluding steroid dienone is 5. The molecule has 1 N–H and O–H groups in total. The molecule has 4 aliphatic rings. The molecule has 1 unspecified atom stereocenters. The topological polar surface area (TPSA) is 46.2 Å². The minimum Gasteiger partial charge on any atom is -0.288 e. The van der Waals surface area contributed by atoms with Gasteiger partial charge in [-0.2, -0.15) is 0 Å². The summed E-state index contributed by atoms with van der Waals surface area (Å²) in [6.45, 7) is 0. The van der Waals surface area contributed by atoms with Gasteiger partial charge in [0.25, 0.3) is 11.8 Å². The van der Waals surface area contributed by atoms with Crippen molar-refractivity contribution in [2.45, 2.75) is 16.6 Å². The van der Waals surface area contributed by atoms with Crippen molar-refractivity contribution in [1.29, 1.82) is 0 Å². The molecule has 6 rings (SSSR count). The zero-order chi connectivity index (χ0) is 16.7. The van der Waals surface area contributed by atoms with Gasteiger partial charge in [-0.25, -0.2) is 0 Å². The Morgan fingerprint density at radius 1 is 1.08 bits per heavy atom. The number of imide groups is 1. The van der Waals surface area contributed by atoms with Gasteiger partial charge in [-0.3, -0.25) is 14.9 Å². The summed E-state index contributed by atoms with van der Waals surface area (Å²) in [6, 6.07) is 0. The van der Waals surface area contributed by atoms with Crippen LogP contribution < -0.4 is 15.1 Å². The average molecular weight is 361 g/mol. The molecule has 1 aromatic heterocycles. The summed E-state index contributed by atoms with van der Waals surface area (Å²) in [5.41, 5.74) is 3.47. The van der Waals surface area contributed by atoms with Crippen LogP contribution in [0.2, 0.25) is 0 Å². The molecule has 0 saturated carbocycles. The van der Waals surface area contributed by atoms with Crippen LogP contribution in [-0.4, -0.2) is 17.1 Å². The molecule has 3 heterocycles. The van der Waals surface area contributed by atoms with Crippen LogP contribution in [0.1, 0.15) is 26.3 Å². The van der Waals surface area contributed by atoms with Gasteiger partial charge in [-0.1, -0.05) is 36.5 Å². The van der Waals surface area contributed by atoms with E-state index in [0.29, 0.717) is 11.1 Å². The molecule has 3 nitrogen and oxygen atoms in total. The zero-order valence-electron chi connectivity index (χ0n) is 13.0. The first-order valence-electron chi connectivity index (χ1n) is 8.13. The lowest BCUT2D eigenvalue weighted by atomic mass is 9.94. The second-order valence-corrected chi connectivity index (χ2v) is 8.63. The van der Waals surface area contributed by atoms with E-state index in [2.05, 4.69) is 35.7 Å². The van der Waals surface area contributed by atoms with Crippen LogP contribution in [0.15, 0.2) is 41.4 Å². The molecule has 25 heavy (non-hydrogen) atoms. The van der Waals surface area contributed by atoms with Crippen LogP contribution in [0.25, 0.3) is 21.7 Å². The SMILES string of the molecule is O=C1NC(=O)c2c1c1c(c3sc4c(c23)CC=CC=4)SC2C=CC=CC=12. The van der Waals surface area contributed by atoms with Crippen molar-refractivity contribution < 1.29 is 9.59 Å². The Balaban J connectivity index is 1.90. The van der Waals surface area contributed by atoms with Gasteiger partial charge in [0.1, 0.15) is 0 Å². The molecular formula is C20H11NO2S2. The minimum atomic E-state index is -0.259. The van der Waals surface area contributed by atoms with Crippen molar-refractivity contribution in [3.05, 3.63) is 62.9 Å². The maximum Gasteiger partial charge on any atom is 0.259 e. The highest BCUT2D eigenvalue weighted by atomic mass is 32.2. The van der Waals surface area contributed by atoms with Crippen LogP contribution >= 0.6 is 23.1 Å². The van der Waals surface area contributed by atoms with Gasteiger partial charge < -0.3 is 0 Å². The molecule has 120 valence electrons. The third kappa shape index (κ3) is 1.62. The van der Waals surface area contributed by atoms with E-state index < -0.39 is 0 Å². The first-order valence-corrected chi connectivity index (χ1v) is 9.83. The molecule has 5 heteroatoms. The Kier molecular flexibility index (Phi) is 2.56. The van der Waals surface area contributed by atoms with Crippen molar-refractivity contribution >= 4 is 56.6 Å². The highest BCUT2D eigenvalue weighted by molar-refractivity contribution is 8.01. The number of nitrogens with one attached hydrogen (secondary N) is 1. The molecule has 0 radical (unpaired) electrons. The van der Waals surface area contributed by atoms with Crippen LogP contribution in [0.5, 0.6) is 0 Å². The Labute approximate surface area is 151 Å². The fraction of sp³-hybridized carbons (Fsp3) is 0.100. The van der Waals surface area contributed by atoms with Gasteiger partial charge in [-0.15, -0.1) is 23.1 Å². The number of benzene rings is 1. The summed E-state index contributed by atoms with van der Waals surface area (Å²) < 4.78 is 2.35. The van der Waals surface area contributed by atoms with Crippen molar-refractivity contribution in [2.75, 3.05) is 0 Å². The maximum atomic E-state index is 12.6. The monoisotopic (exact) mass is 361 g/mol. The van der Waals surface area contributed by atoms with E-state index in [1.807, 2.05) is 12.2 Å². The van der Waals surface area contributed by atoms with Gasteiger partial charge in [-0.05, 0) is 23.6 Å². The first kappa shape index (κ1) is 13.9. The summed E-state index contributed by atoms with van der Waals surface area (Å²) >= 11 is 3.53. The van der Waals surface area contributed by atoms with Gasteiger partial charge >= 0.3 is 0 Å². The first-order chi connectivity index (χ1) is 12.2. The third-order valence-corrected chi connectivity index (χ3v) is 7.77.